The number of hydrogen-bond donors (Lipinski definition) is 1. The molecule has 53 heavy (non-hydrogen) atoms. The monoisotopic (exact) mass is 701 g/mol. The Morgan fingerprint density at radius 1 is 0.717 bits per heavy atom. The van der Waals surface area contributed by atoms with Gasteiger partial charge in [-0.2, -0.15) is 9.97 Å². The highest BCUT2D eigenvalue weighted by Gasteiger charge is 2.47. The van der Waals surface area contributed by atoms with Crippen LogP contribution in [0.2, 0.25) is 0 Å². The largest absolute Gasteiger partial charge is 0.471 e. The van der Waals surface area contributed by atoms with Gasteiger partial charge in [0.1, 0.15) is 12.2 Å². The van der Waals surface area contributed by atoms with Gasteiger partial charge in [0.25, 0.3) is 0 Å². The summed E-state index contributed by atoms with van der Waals surface area (Å²) in [6, 6.07) is 49.8. The summed E-state index contributed by atoms with van der Waals surface area (Å²) in [4.78, 5) is 26.9. The Kier molecular flexibility index (Phi) is 9.64. The highest BCUT2D eigenvalue weighted by atomic mass is 16.5. The number of hydrogen-bond acceptors (Lipinski definition) is 8. The summed E-state index contributed by atoms with van der Waals surface area (Å²) in [7, 11) is 0. The molecule has 0 amide bonds. The second-order valence-corrected chi connectivity index (χ2v) is 13.3. The molecule has 5 aromatic carbocycles. The molecule has 9 nitrogen and oxygen atoms in total. The van der Waals surface area contributed by atoms with Crippen molar-refractivity contribution in [1.29, 1.82) is 0 Å². The van der Waals surface area contributed by atoms with Crippen LogP contribution in [0.5, 0.6) is 5.88 Å². The van der Waals surface area contributed by atoms with Crippen molar-refractivity contribution in [3.63, 3.8) is 0 Å². The molecule has 3 atom stereocenters. The van der Waals surface area contributed by atoms with Crippen molar-refractivity contribution in [3.05, 3.63) is 186 Å². The highest BCUT2D eigenvalue weighted by molar-refractivity contribution is 5.89. The zero-order chi connectivity index (χ0) is 36.0. The summed E-state index contributed by atoms with van der Waals surface area (Å²) in [5.41, 5.74) is 11.0. The van der Waals surface area contributed by atoms with E-state index in [9.17, 15) is 4.79 Å². The summed E-state index contributed by atoms with van der Waals surface area (Å²) < 4.78 is 21.4. The fourth-order valence-electron chi connectivity index (χ4n) is 7.34. The number of ether oxygens (including phenoxy) is 3. The molecule has 264 valence electrons. The van der Waals surface area contributed by atoms with E-state index >= 15 is 0 Å². The molecule has 7 aromatic rings. The van der Waals surface area contributed by atoms with Crippen molar-refractivity contribution in [3.8, 4) is 5.88 Å². The second kappa shape index (κ2) is 15.1. The normalized spacial score (nSPS) is 16.9. The van der Waals surface area contributed by atoms with Crippen LogP contribution in [-0.2, 0) is 21.7 Å². The average Bonchev–Trinajstić information content (AvgIpc) is 3.63. The minimum absolute atomic E-state index is 0.00174. The van der Waals surface area contributed by atoms with E-state index < -0.39 is 5.60 Å². The summed E-state index contributed by atoms with van der Waals surface area (Å²) in [5.74, 6) is -0.0185. The first-order valence-electron chi connectivity index (χ1n) is 17.8. The number of nitrogens with two attached hydrogens (primary N) is 1. The predicted molar refractivity (Wildman–Crippen MR) is 203 cm³/mol. The van der Waals surface area contributed by atoms with Gasteiger partial charge < -0.3 is 24.5 Å². The Labute approximate surface area is 308 Å². The molecule has 1 aliphatic carbocycles. The first-order chi connectivity index (χ1) is 26.1. The van der Waals surface area contributed by atoms with Gasteiger partial charge in [-0.15, -0.1) is 0 Å². The van der Waals surface area contributed by atoms with Gasteiger partial charge in [0, 0.05) is 17.9 Å². The van der Waals surface area contributed by atoms with Gasteiger partial charge >= 0.3 is 5.97 Å². The molecular formula is C44H39N5O4. The third-order valence-corrected chi connectivity index (χ3v) is 10.1. The number of nitrogen functional groups attached to an aromatic ring is 1. The van der Waals surface area contributed by atoms with E-state index in [2.05, 4.69) is 46.4 Å². The number of aromatic nitrogens is 4. The van der Waals surface area contributed by atoms with E-state index in [1.807, 2.05) is 108 Å². The minimum Gasteiger partial charge on any atom is -0.471 e. The van der Waals surface area contributed by atoms with Gasteiger partial charge in [-0.1, -0.05) is 140 Å². The van der Waals surface area contributed by atoms with E-state index in [-0.39, 0.29) is 36.4 Å². The molecule has 0 bridgehead atoms. The zero-order valence-electron chi connectivity index (χ0n) is 29.1. The van der Waals surface area contributed by atoms with E-state index in [1.165, 1.54) is 0 Å². The zero-order valence-corrected chi connectivity index (χ0v) is 29.1. The molecule has 9 heteroatoms. The van der Waals surface area contributed by atoms with Crippen molar-refractivity contribution in [1.82, 2.24) is 19.5 Å². The molecule has 0 aliphatic heterocycles. The number of carbonyl (C=O) groups excluding carboxylic acids is 1. The maximum absolute atomic E-state index is 13.1. The molecular weight excluding hydrogens is 663 g/mol. The number of carbonyl (C=O) groups is 1. The number of nitrogens with zero attached hydrogens (tertiary/aromatic N) is 4. The highest BCUT2D eigenvalue weighted by Crippen LogP contribution is 2.49. The average molecular weight is 702 g/mol. The van der Waals surface area contributed by atoms with Crippen molar-refractivity contribution >= 4 is 23.1 Å². The fraction of sp³-hybridized carbons (Fsp3) is 0.182. The molecule has 0 unspecified atom stereocenters. The van der Waals surface area contributed by atoms with Crippen LogP contribution in [-0.4, -0.2) is 38.7 Å². The van der Waals surface area contributed by atoms with E-state index in [0.717, 1.165) is 22.3 Å². The van der Waals surface area contributed by atoms with Gasteiger partial charge in [-0.05, 0) is 40.8 Å². The molecule has 2 aromatic heterocycles. The molecule has 8 rings (SSSR count). The molecule has 0 saturated heterocycles. The molecule has 0 spiro atoms. The van der Waals surface area contributed by atoms with Crippen LogP contribution in [0, 0.1) is 11.8 Å². The van der Waals surface area contributed by atoms with Crippen molar-refractivity contribution in [2.24, 2.45) is 11.8 Å². The summed E-state index contributed by atoms with van der Waals surface area (Å²) in [6.07, 6.45) is 2.48. The fourth-order valence-corrected chi connectivity index (χ4v) is 7.34. The lowest BCUT2D eigenvalue weighted by atomic mass is 9.69. The number of esters is 1. The minimum atomic E-state index is -0.919. The topological polar surface area (TPSA) is 114 Å². The Balaban J connectivity index is 1.14. The number of benzene rings is 5. The van der Waals surface area contributed by atoms with Gasteiger partial charge in [0.2, 0.25) is 11.8 Å². The SMILES string of the molecule is Nc1nc(OCc2ccccc2)c2ncn([C@@H]3C[C@H](COC(=O)c4ccccc4)[C@H]3COC(c3ccccc3)(c3ccccc3)c3ccccc3)c2n1. The first kappa shape index (κ1) is 33.8. The molecule has 2 heterocycles. The van der Waals surface area contributed by atoms with E-state index in [4.69, 9.17) is 24.9 Å². The van der Waals surface area contributed by atoms with Crippen LogP contribution < -0.4 is 10.5 Å². The third-order valence-electron chi connectivity index (χ3n) is 10.1. The van der Waals surface area contributed by atoms with Gasteiger partial charge in [0.15, 0.2) is 11.2 Å². The Morgan fingerprint density at radius 3 is 1.85 bits per heavy atom. The molecule has 0 radical (unpaired) electrons. The van der Waals surface area contributed by atoms with Crippen LogP contribution in [0.1, 0.15) is 45.1 Å². The Morgan fingerprint density at radius 2 is 1.26 bits per heavy atom. The smallest absolute Gasteiger partial charge is 0.338 e. The maximum Gasteiger partial charge on any atom is 0.338 e. The van der Waals surface area contributed by atoms with Crippen molar-refractivity contribution in [2.45, 2.75) is 24.7 Å². The lowest BCUT2D eigenvalue weighted by Gasteiger charge is -2.47. The lowest BCUT2D eigenvalue weighted by molar-refractivity contribution is -0.0788. The quantitative estimate of drug-likeness (QED) is 0.0950. The van der Waals surface area contributed by atoms with Crippen molar-refractivity contribution < 1.29 is 19.0 Å². The molecule has 1 saturated carbocycles. The van der Waals surface area contributed by atoms with Crippen molar-refractivity contribution in [2.75, 3.05) is 18.9 Å². The summed E-state index contributed by atoms with van der Waals surface area (Å²) >= 11 is 0. The summed E-state index contributed by atoms with van der Waals surface area (Å²) in [6.45, 7) is 0.894. The van der Waals surface area contributed by atoms with Crippen LogP contribution in [0.15, 0.2) is 158 Å². The van der Waals surface area contributed by atoms with Crippen LogP contribution in [0.25, 0.3) is 11.2 Å². The Hall–Kier alpha value is -6.32. The second-order valence-electron chi connectivity index (χ2n) is 13.3. The lowest BCUT2D eigenvalue weighted by Crippen LogP contribution is -2.46. The third kappa shape index (κ3) is 6.86. The number of imidazole rings is 1. The van der Waals surface area contributed by atoms with Crippen LogP contribution in [0.3, 0.4) is 0 Å². The van der Waals surface area contributed by atoms with E-state index in [0.29, 0.717) is 42.2 Å². The number of rotatable bonds is 13. The van der Waals surface area contributed by atoms with Gasteiger partial charge in [0.05, 0.1) is 25.1 Å². The summed E-state index contributed by atoms with van der Waals surface area (Å²) in [5, 5.41) is 0. The standard InChI is InChI=1S/C44H39N5O4/c45-43-47-40-39(41(48-43)51-27-31-16-6-1-7-17-31)46-30-49(40)38-26-33(28-52-42(50)32-18-8-2-9-19-32)37(38)29-53-44(34-20-10-3-11-21-34,35-22-12-4-13-23-35)36-24-14-5-15-25-36/h1-25,30,33,37-38H,26-29H2,(H2,45,47,48)/t33-,37-,38-/m1/s1. The molecule has 1 fully saturated rings. The predicted octanol–water partition coefficient (Wildman–Crippen LogP) is 8.03. The van der Waals surface area contributed by atoms with Crippen LogP contribution >= 0.6 is 0 Å². The van der Waals surface area contributed by atoms with Gasteiger partial charge in [-0.25, -0.2) is 9.78 Å². The Bertz CT molecular complexity index is 2170. The van der Waals surface area contributed by atoms with Gasteiger partial charge in [-0.3, -0.25) is 0 Å². The van der Waals surface area contributed by atoms with E-state index in [1.54, 1.807) is 18.5 Å². The molecule has 2 N–H and O–H groups in total. The van der Waals surface area contributed by atoms with Crippen LogP contribution in [0.4, 0.5) is 5.95 Å². The maximum atomic E-state index is 13.1. The molecule has 1 aliphatic rings. The first-order valence-corrected chi connectivity index (χ1v) is 17.8. The number of fused-ring (bicyclic) bond motifs is 1. The number of anilines is 1.